The van der Waals surface area contributed by atoms with Gasteiger partial charge in [0.1, 0.15) is 5.75 Å². The Balaban J connectivity index is 2.84. The smallest absolute Gasteiger partial charge is 0.119 e. The minimum Gasteiger partial charge on any atom is -0.497 e. The lowest BCUT2D eigenvalue weighted by atomic mass is 10.2. The fourth-order valence-corrected chi connectivity index (χ4v) is 1.51. The van der Waals surface area contributed by atoms with E-state index < -0.39 is 38.2 Å². The molecule has 1 aromatic carbocycles. The number of fused-ring (bicyclic) bond motifs is 1. The lowest BCUT2D eigenvalue weighted by Gasteiger charge is -2.20. The maximum absolute atomic E-state index is 8.50. The van der Waals surface area contributed by atoms with Crippen molar-refractivity contribution in [2.45, 2.75) is 19.4 Å². The summed E-state index contributed by atoms with van der Waals surface area (Å²) in [5.41, 5.74) is 0.132. The van der Waals surface area contributed by atoms with Gasteiger partial charge in [0.25, 0.3) is 0 Å². The molecule has 0 bridgehead atoms. The number of aromatic nitrogens is 1. The number of ether oxygens (including phenoxy) is 1. The maximum Gasteiger partial charge on any atom is 0.119 e. The highest BCUT2D eigenvalue weighted by atomic mass is 16.5. The molecule has 0 aliphatic carbocycles. The first kappa shape index (κ1) is 4.02. The summed E-state index contributed by atoms with van der Waals surface area (Å²) in [6, 6.07) is 2.14. The van der Waals surface area contributed by atoms with E-state index >= 15 is 0 Å². The molecule has 0 N–H and O–H groups in total. The largest absolute Gasteiger partial charge is 0.497 e. The first-order valence-electron chi connectivity index (χ1n) is 10.8. The summed E-state index contributed by atoms with van der Waals surface area (Å²) in [7, 11) is 1.42. The molecule has 3 nitrogen and oxygen atoms in total. The van der Waals surface area contributed by atoms with E-state index in [0.29, 0.717) is 11.1 Å². The zero-order valence-corrected chi connectivity index (χ0v) is 9.19. The molecule has 0 aliphatic heterocycles. The fourth-order valence-electron chi connectivity index (χ4n) is 1.51. The van der Waals surface area contributed by atoms with Crippen molar-refractivity contribution < 1.29 is 21.2 Å². The molecule has 2 rings (SSSR count). The number of rotatable bonds is 4. The Hall–Kier alpha value is -1.48. The van der Waals surface area contributed by atoms with Gasteiger partial charge < -0.3 is 14.2 Å². The van der Waals surface area contributed by atoms with Gasteiger partial charge in [-0.05, 0) is 45.1 Å². The van der Waals surface area contributed by atoms with Gasteiger partial charge in [-0.2, -0.15) is 0 Å². The predicted molar refractivity (Wildman–Crippen MR) is 71.6 cm³/mol. The number of hydrogen-bond donors (Lipinski definition) is 0. The first-order valence-corrected chi connectivity index (χ1v) is 4.85. The van der Waals surface area contributed by atoms with Crippen LogP contribution >= 0.6 is 0 Å². The summed E-state index contributed by atoms with van der Waals surface area (Å²) in [6.45, 7) is -14.1. The Labute approximate surface area is 119 Å². The summed E-state index contributed by atoms with van der Waals surface area (Å²) in [6.07, 6.45) is 1.14. The highest BCUT2D eigenvalue weighted by molar-refractivity contribution is 5.81. The van der Waals surface area contributed by atoms with Crippen molar-refractivity contribution in [3.8, 4) is 5.75 Å². The maximum atomic E-state index is 8.50. The molecule has 1 atom stereocenters. The number of likely N-dealkylation sites (N-methyl/N-ethyl adjacent to an activating group) is 1. The quantitative estimate of drug-likeness (QED) is 0.822. The Bertz CT molecular complexity index is 867. The summed E-state index contributed by atoms with van der Waals surface area (Å²) in [4.78, 5) is -0.532. The minimum atomic E-state index is -3.69. The van der Waals surface area contributed by atoms with E-state index in [1.165, 1.54) is 31.4 Å². The van der Waals surface area contributed by atoms with Crippen molar-refractivity contribution >= 4 is 10.9 Å². The monoisotopic (exact) mass is 244 g/mol. The average Bonchev–Trinajstić information content (AvgIpc) is 2.94. The van der Waals surface area contributed by atoms with Gasteiger partial charge in [-0.15, -0.1) is 0 Å². The van der Waals surface area contributed by atoms with Crippen LogP contribution in [0, 0.1) is 0 Å². The minimum absolute atomic E-state index is 0.132. The van der Waals surface area contributed by atoms with Crippen molar-refractivity contribution in [2.75, 3.05) is 21.1 Å². The highest BCUT2D eigenvalue weighted by Crippen LogP contribution is 2.22. The Kier molecular flexibility index (Phi) is 1.14. The predicted octanol–water partition coefficient (Wildman–Crippen LogP) is 2.60. The standard InChI is InChI=1S/C14H20N2O/c1-11(15(2)3)10-16-8-7-12-9-13(17-4)5-6-14(12)16/h5-9,11H,10H2,1-4H3/t11-/m0/s1/i1D3,2D3,3D3,10D2,11D. The Morgan fingerprint density at radius 1 is 1.53 bits per heavy atom. The fraction of sp³-hybridized carbons (Fsp3) is 0.429. The number of methoxy groups -OCH3 is 1. The molecule has 0 saturated heterocycles. The third-order valence-electron chi connectivity index (χ3n) is 2.35. The van der Waals surface area contributed by atoms with E-state index in [1.807, 2.05) is 0 Å². The molecule has 0 fully saturated rings. The van der Waals surface area contributed by atoms with E-state index in [4.69, 9.17) is 21.2 Å². The van der Waals surface area contributed by atoms with E-state index in [0.717, 1.165) is 10.8 Å². The van der Waals surface area contributed by atoms with Crippen molar-refractivity contribution in [1.29, 1.82) is 0 Å². The van der Waals surface area contributed by atoms with Gasteiger partial charge in [0.05, 0.1) is 9.85 Å². The second kappa shape index (κ2) is 4.80. The van der Waals surface area contributed by atoms with Gasteiger partial charge in [-0.1, -0.05) is 0 Å². The van der Waals surface area contributed by atoms with Crippen LogP contribution in [0.5, 0.6) is 5.75 Å². The van der Waals surface area contributed by atoms with Crippen LogP contribution in [0.15, 0.2) is 30.5 Å². The van der Waals surface area contributed by atoms with Crippen LogP contribution in [0.3, 0.4) is 0 Å². The van der Waals surface area contributed by atoms with Gasteiger partial charge >= 0.3 is 0 Å². The molecular weight excluding hydrogens is 212 g/mol. The van der Waals surface area contributed by atoms with E-state index in [1.54, 1.807) is 0 Å². The van der Waals surface area contributed by atoms with E-state index in [9.17, 15) is 0 Å². The van der Waals surface area contributed by atoms with Crippen molar-refractivity contribution in [3.63, 3.8) is 0 Å². The SMILES string of the molecule is [2H]C([2H])([2H])N(C([2H])([2H])[2H])[C@@]([2H])(C([2H])([2H])[2H])C([2H])([2H])n1ccc2cc(OC)ccc21. The molecule has 0 radical (unpaired) electrons. The molecule has 0 unspecified atom stereocenters. The normalized spacial score (nSPS) is 28.6. The highest BCUT2D eigenvalue weighted by Gasteiger charge is 2.08. The van der Waals surface area contributed by atoms with Crippen LogP contribution in [0.2, 0.25) is 0 Å². The molecule has 0 spiro atoms. The molecule has 17 heavy (non-hydrogen) atoms. The second-order valence-corrected chi connectivity index (χ2v) is 3.41. The van der Waals surface area contributed by atoms with Crippen LogP contribution in [0.25, 0.3) is 10.9 Å². The van der Waals surface area contributed by atoms with Gasteiger partial charge in [0, 0.05) is 43.3 Å². The van der Waals surface area contributed by atoms with Crippen molar-refractivity contribution in [3.05, 3.63) is 30.5 Å². The molecule has 1 heterocycles. The number of hydrogen-bond acceptors (Lipinski definition) is 2. The van der Waals surface area contributed by atoms with Gasteiger partial charge in [-0.25, -0.2) is 0 Å². The zero-order valence-electron chi connectivity index (χ0n) is 21.2. The molecular formula is C14H20N2O. The Morgan fingerprint density at radius 3 is 3.12 bits per heavy atom. The molecule has 0 amide bonds. The molecule has 0 saturated carbocycles. The van der Waals surface area contributed by atoms with Gasteiger partial charge in [-0.3, -0.25) is 0 Å². The van der Waals surface area contributed by atoms with Crippen molar-refractivity contribution in [1.82, 2.24) is 9.47 Å². The molecule has 92 valence electrons. The van der Waals surface area contributed by atoms with Crippen molar-refractivity contribution in [2.24, 2.45) is 0 Å². The van der Waals surface area contributed by atoms with Crippen LogP contribution in [-0.4, -0.2) is 36.5 Å². The molecule has 3 heteroatoms. The Morgan fingerprint density at radius 2 is 2.41 bits per heavy atom. The van der Waals surface area contributed by atoms with E-state index in [2.05, 4.69) is 0 Å². The lowest BCUT2D eigenvalue weighted by molar-refractivity contribution is 0.286. The third-order valence-corrected chi connectivity index (χ3v) is 2.35. The van der Waals surface area contributed by atoms with Gasteiger partial charge in [0.2, 0.25) is 0 Å². The lowest BCUT2D eigenvalue weighted by Crippen LogP contribution is -2.28. The van der Waals surface area contributed by atoms with Gasteiger partial charge in [0.15, 0.2) is 0 Å². The summed E-state index contributed by atoms with van der Waals surface area (Å²) >= 11 is 0. The van der Waals surface area contributed by atoms with Crippen LogP contribution < -0.4 is 4.74 Å². The third kappa shape index (κ3) is 2.44. The zero-order chi connectivity index (χ0) is 22.6. The summed E-state index contributed by atoms with van der Waals surface area (Å²) in [5, 5.41) is 0.426. The first-order chi connectivity index (χ1) is 12.9. The molecule has 1 aromatic heterocycles. The number of benzene rings is 1. The summed E-state index contributed by atoms with van der Waals surface area (Å²) in [5.74, 6) is 0.440. The van der Waals surface area contributed by atoms with Crippen LogP contribution in [0.4, 0.5) is 0 Å². The van der Waals surface area contributed by atoms with Crippen LogP contribution in [0.1, 0.15) is 23.3 Å². The molecule has 0 aliphatic rings. The summed E-state index contributed by atoms with van der Waals surface area (Å²) < 4.78 is 99.7. The second-order valence-electron chi connectivity index (χ2n) is 3.41. The molecule has 2 aromatic rings. The number of nitrogens with zero attached hydrogens (tertiary/aromatic N) is 2. The average molecular weight is 244 g/mol. The van der Waals surface area contributed by atoms with E-state index in [-0.39, 0.29) is 5.52 Å². The van der Waals surface area contributed by atoms with Crippen LogP contribution in [-0.2, 0) is 6.50 Å². The topological polar surface area (TPSA) is 17.4 Å².